The first-order valence-corrected chi connectivity index (χ1v) is 11.1. The molecular formula is C19H22BrClN4S. The predicted octanol–water partition coefficient (Wildman–Crippen LogP) is 4.49. The number of fused-ring (bicyclic) bond motifs is 2. The minimum atomic E-state index is 0.347. The van der Waals surface area contributed by atoms with Gasteiger partial charge in [0, 0.05) is 34.3 Å². The van der Waals surface area contributed by atoms with E-state index in [-0.39, 0.29) is 0 Å². The Labute approximate surface area is 172 Å². The number of hydrogen-bond donors (Lipinski definition) is 4. The number of thioether (sulfide) groups is 1. The smallest absolute Gasteiger partial charge is 0.103 e. The quantitative estimate of drug-likeness (QED) is 0.478. The molecule has 138 valence electrons. The highest BCUT2D eigenvalue weighted by atomic mass is 79.9. The molecule has 3 heterocycles. The van der Waals surface area contributed by atoms with Gasteiger partial charge in [0.05, 0.1) is 16.4 Å². The minimum absolute atomic E-state index is 0.347. The SMILES string of the molecule is Clc1cc(Br)cc2c1NCCC2NCCCNC1=CC=C2SCC=C2N1. The van der Waals surface area contributed by atoms with E-state index in [0.717, 1.165) is 59.2 Å². The summed E-state index contributed by atoms with van der Waals surface area (Å²) >= 11 is 11.8. The largest absolute Gasteiger partial charge is 0.383 e. The molecule has 1 atom stereocenters. The van der Waals surface area contributed by atoms with Gasteiger partial charge in [-0.2, -0.15) is 0 Å². The summed E-state index contributed by atoms with van der Waals surface area (Å²) in [6, 6.07) is 4.46. The number of rotatable bonds is 6. The molecule has 3 aliphatic rings. The summed E-state index contributed by atoms with van der Waals surface area (Å²) in [5.74, 6) is 2.15. The van der Waals surface area contributed by atoms with Crippen LogP contribution in [-0.2, 0) is 0 Å². The van der Waals surface area contributed by atoms with Crippen LogP contribution in [0, 0.1) is 0 Å². The second kappa shape index (κ2) is 8.30. The fourth-order valence-electron chi connectivity index (χ4n) is 3.44. The molecule has 0 radical (unpaired) electrons. The average Bonchev–Trinajstić information content (AvgIpc) is 3.09. The molecule has 4 N–H and O–H groups in total. The van der Waals surface area contributed by atoms with Crippen LogP contribution in [0.3, 0.4) is 0 Å². The third kappa shape index (κ3) is 4.09. The predicted molar refractivity (Wildman–Crippen MR) is 115 cm³/mol. The van der Waals surface area contributed by atoms with Crippen molar-refractivity contribution in [3.63, 3.8) is 0 Å². The first-order chi connectivity index (χ1) is 12.7. The molecule has 7 heteroatoms. The molecule has 0 bridgehead atoms. The lowest BCUT2D eigenvalue weighted by Gasteiger charge is -2.29. The summed E-state index contributed by atoms with van der Waals surface area (Å²) in [5.41, 5.74) is 3.56. The molecule has 0 spiro atoms. The molecule has 26 heavy (non-hydrogen) atoms. The van der Waals surface area contributed by atoms with Gasteiger partial charge in [-0.15, -0.1) is 11.8 Å². The minimum Gasteiger partial charge on any atom is -0.383 e. The van der Waals surface area contributed by atoms with E-state index in [1.807, 2.05) is 17.8 Å². The molecule has 4 rings (SSSR count). The molecule has 3 aliphatic heterocycles. The van der Waals surface area contributed by atoms with E-state index in [2.05, 4.69) is 61.5 Å². The maximum Gasteiger partial charge on any atom is 0.103 e. The van der Waals surface area contributed by atoms with Crippen LogP contribution in [-0.4, -0.2) is 25.4 Å². The van der Waals surface area contributed by atoms with E-state index in [4.69, 9.17) is 11.6 Å². The number of benzene rings is 1. The van der Waals surface area contributed by atoms with Gasteiger partial charge in [-0.3, -0.25) is 0 Å². The highest BCUT2D eigenvalue weighted by molar-refractivity contribution is 9.10. The van der Waals surface area contributed by atoms with Crippen molar-refractivity contribution in [2.45, 2.75) is 18.9 Å². The number of halogens is 2. The van der Waals surface area contributed by atoms with E-state index < -0.39 is 0 Å². The van der Waals surface area contributed by atoms with Gasteiger partial charge in [0.1, 0.15) is 5.82 Å². The third-order valence-corrected chi connectivity index (χ3v) is 6.47. The standard InChI is InChI=1S/C19H22BrClN4S/c20-12-10-13-15(4-8-24-19(13)14(21)11-12)22-6-1-7-23-18-3-2-17-16(25-18)5-9-26-17/h2-3,5,10-11,15,22-25H,1,4,6-9H2. The molecule has 1 unspecified atom stereocenters. The monoisotopic (exact) mass is 452 g/mol. The van der Waals surface area contributed by atoms with Gasteiger partial charge >= 0.3 is 0 Å². The summed E-state index contributed by atoms with van der Waals surface area (Å²) in [6.45, 7) is 2.85. The summed E-state index contributed by atoms with van der Waals surface area (Å²) in [6.07, 6.45) is 8.68. The van der Waals surface area contributed by atoms with Crippen molar-refractivity contribution in [2.24, 2.45) is 0 Å². The Morgan fingerprint density at radius 1 is 1.27 bits per heavy atom. The Bertz CT molecular complexity index is 790. The summed E-state index contributed by atoms with van der Waals surface area (Å²) in [5, 5.41) is 14.8. The fourth-order valence-corrected chi connectivity index (χ4v) is 5.23. The molecular weight excluding hydrogens is 432 g/mol. The van der Waals surface area contributed by atoms with Gasteiger partial charge in [-0.05, 0) is 55.3 Å². The van der Waals surface area contributed by atoms with Crippen molar-refractivity contribution in [3.05, 3.63) is 61.8 Å². The highest BCUT2D eigenvalue weighted by Crippen LogP contribution is 2.37. The van der Waals surface area contributed by atoms with Gasteiger partial charge in [0.2, 0.25) is 0 Å². The molecule has 0 aromatic heterocycles. The zero-order valence-corrected chi connectivity index (χ0v) is 17.5. The van der Waals surface area contributed by atoms with Gasteiger partial charge in [-0.1, -0.05) is 27.5 Å². The lowest BCUT2D eigenvalue weighted by molar-refractivity contribution is 0.489. The van der Waals surface area contributed by atoms with Crippen molar-refractivity contribution < 1.29 is 0 Å². The first kappa shape index (κ1) is 18.3. The maximum atomic E-state index is 6.37. The van der Waals surface area contributed by atoms with E-state index in [0.29, 0.717) is 6.04 Å². The van der Waals surface area contributed by atoms with Crippen LogP contribution in [0.1, 0.15) is 24.4 Å². The fraction of sp³-hybridized carbons (Fsp3) is 0.368. The summed E-state index contributed by atoms with van der Waals surface area (Å²) in [7, 11) is 0. The van der Waals surface area contributed by atoms with Crippen LogP contribution < -0.4 is 21.3 Å². The molecule has 0 saturated heterocycles. The Morgan fingerprint density at radius 3 is 3.12 bits per heavy atom. The van der Waals surface area contributed by atoms with E-state index in [9.17, 15) is 0 Å². The van der Waals surface area contributed by atoms with Gasteiger partial charge in [0.15, 0.2) is 0 Å². The molecule has 0 amide bonds. The van der Waals surface area contributed by atoms with Gasteiger partial charge in [0.25, 0.3) is 0 Å². The van der Waals surface area contributed by atoms with Crippen LogP contribution >= 0.6 is 39.3 Å². The molecule has 0 aliphatic carbocycles. The Balaban J connectivity index is 1.25. The van der Waals surface area contributed by atoms with Crippen LogP contribution in [0.2, 0.25) is 5.02 Å². The van der Waals surface area contributed by atoms with Crippen molar-refractivity contribution in [1.82, 2.24) is 16.0 Å². The Morgan fingerprint density at radius 2 is 2.19 bits per heavy atom. The molecule has 0 saturated carbocycles. The van der Waals surface area contributed by atoms with Crippen molar-refractivity contribution >= 4 is 45.0 Å². The molecule has 0 fully saturated rings. The molecule has 1 aromatic carbocycles. The van der Waals surface area contributed by atoms with Crippen LogP contribution in [0.25, 0.3) is 0 Å². The van der Waals surface area contributed by atoms with Crippen molar-refractivity contribution in [2.75, 3.05) is 30.7 Å². The average molecular weight is 454 g/mol. The topological polar surface area (TPSA) is 48.1 Å². The van der Waals surface area contributed by atoms with Crippen molar-refractivity contribution in [1.29, 1.82) is 0 Å². The van der Waals surface area contributed by atoms with E-state index in [1.54, 1.807) is 0 Å². The van der Waals surface area contributed by atoms with E-state index >= 15 is 0 Å². The van der Waals surface area contributed by atoms with Gasteiger partial charge < -0.3 is 21.3 Å². The zero-order valence-electron chi connectivity index (χ0n) is 14.4. The second-order valence-electron chi connectivity index (χ2n) is 6.52. The van der Waals surface area contributed by atoms with Gasteiger partial charge in [-0.25, -0.2) is 0 Å². The summed E-state index contributed by atoms with van der Waals surface area (Å²) < 4.78 is 1.03. The molecule has 4 nitrogen and oxygen atoms in total. The number of hydrogen-bond acceptors (Lipinski definition) is 5. The Hall–Kier alpha value is -1.08. The normalized spacial score (nSPS) is 20.8. The first-order valence-electron chi connectivity index (χ1n) is 8.93. The Kier molecular flexibility index (Phi) is 5.84. The highest BCUT2D eigenvalue weighted by Gasteiger charge is 2.22. The van der Waals surface area contributed by atoms with Crippen LogP contribution in [0.4, 0.5) is 5.69 Å². The zero-order chi connectivity index (χ0) is 17.9. The lowest BCUT2D eigenvalue weighted by Crippen LogP contribution is -2.32. The number of allylic oxidation sites excluding steroid dienone is 2. The second-order valence-corrected chi connectivity index (χ2v) is 8.90. The third-order valence-electron chi connectivity index (χ3n) is 4.72. The number of dihydropyridines is 1. The number of nitrogens with one attached hydrogen (secondary N) is 4. The van der Waals surface area contributed by atoms with Crippen LogP contribution in [0.15, 0.2) is 51.3 Å². The van der Waals surface area contributed by atoms with E-state index in [1.165, 1.54) is 16.2 Å². The molecule has 1 aromatic rings. The maximum absolute atomic E-state index is 6.37. The van der Waals surface area contributed by atoms with Crippen LogP contribution in [0.5, 0.6) is 0 Å². The van der Waals surface area contributed by atoms with Crippen molar-refractivity contribution in [3.8, 4) is 0 Å². The lowest BCUT2D eigenvalue weighted by atomic mass is 9.98. The summed E-state index contributed by atoms with van der Waals surface area (Å²) in [4.78, 5) is 1.34. The number of anilines is 1.